The van der Waals surface area contributed by atoms with Crippen LogP contribution in [0.25, 0.3) is 0 Å². The van der Waals surface area contributed by atoms with Gasteiger partial charge in [-0.05, 0) is 24.6 Å². The van der Waals surface area contributed by atoms with E-state index in [-0.39, 0.29) is 13.2 Å². The predicted octanol–water partition coefficient (Wildman–Crippen LogP) is 3.25. The number of rotatable bonds is 8. The summed E-state index contributed by atoms with van der Waals surface area (Å²) < 4.78 is 23.3. The molecule has 0 spiro atoms. The molecule has 5 atom stereocenters. The average Bonchev–Trinajstić information content (AvgIpc) is 2.76. The molecule has 0 unspecified atom stereocenters. The minimum Gasteiger partial charge on any atom is -0.456 e. The van der Waals surface area contributed by atoms with Gasteiger partial charge in [-0.3, -0.25) is 9.59 Å². The SMILES string of the molecule is CC(=O)O[C@@H]1[C@H](OC(C)=O)[C@@H](Sc2ccc(C)cc2)O[C@H](CO)[C@H]1OCc1ccccc1. The molecule has 0 radical (unpaired) electrons. The third-order valence-electron chi connectivity index (χ3n) is 4.93. The molecule has 1 aliphatic heterocycles. The van der Waals surface area contributed by atoms with E-state index in [1.54, 1.807) is 0 Å². The van der Waals surface area contributed by atoms with Crippen molar-refractivity contribution in [2.75, 3.05) is 6.61 Å². The van der Waals surface area contributed by atoms with Crippen LogP contribution in [0.4, 0.5) is 0 Å². The number of esters is 2. The van der Waals surface area contributed by atoms with E-state index in [4.69, 9.17) is 18.9 Å². The Bertz CT molecular complexity index is 887. The van der Waals surface area contributed by atoms with Crippen LogP contribution in [0.15, 0.2) is 59.5 Å². The van der Waals surface area contributed by atoms with Crippen LogP contribution in [-0.4, -0.2) is 53.5 Å². The Kier molecular flexibility index (Phi) is 8.69. The van der Waals surface area contributed by atoms with E-state index in [9.17, 15) is 14.7 Å². The van der Waals surface area contributed by atoms with Gasteiger partial charge in [-0.1, -0.05) is 59.8 Å². The maximum absolute atomic E-state index is 11.9. The zero-order chi connectivity index (χ0) is 23.1. The van der Waals surface area contributed by atoms with Gasteiger partial charge < -0.3 is 24.1 Å². The topological polar surface area (TPSA) is 91.3 Å². The van der Waals surface area contributed by atoms with Gasteiger partial charge in [-0.2, -0.15) is 0 Å². The van der Waals surface area contributed by atoms with Gasteiger partial charge in [0.25, 0.3) is 0 Å². The van der Waals surface area contributed by atoms with E-state index in [1.807, 2.05) is 61.5 Å². The first-order valence-corrected chi connectivity index (χ1v) is 11.2. The maximum atomic E-state index is 11.9. The van der Waals surface area contributed by atoms with Crippen LogP contribution < -0.4 is 0 Å². The molecular weight excluding hydrogens is 432 g/mol. The van der Waals surface area contributed by atoms with Gasteiger partial charge in [0, 0.05) is 18.7 Å². The number of aliphatic hydroxyl groups is 1. The number of hydrogen-bond acceptors (Lipinski definition) is 8. The molecule has 2 aromatic rings. The first-order chi connectivity index (χ1) is 15.4. The Morgan fingerprint density at radius 2 is 1.56 bits per heavy atom. The average molecular weight is 461 g/mol. The number of hydrogen-bond donors (Lipinski definition) is 1. The first-order valence-electron chi connectivity index (χ1n) is 10.4. The Balaban J connectivity index is 1.88. The number of benzene rings is 2. The van der Waals surface area contributed by atoms with Gasteiger partial charge in [-0.15, -0.1) is 0 Å². The number of carbonyl (C=O) groups is 2. The molecule has 2 aromatic carbocycles. The standard InChI is InChI=1S/C24H28O7S/c1-15-9-11-19(12-10-15)32-24-23(30-17(3)27)22(29-16(2)26)21(20(13-25)31-24)28-14-18-7-5-4-6-8-18/h4-12,20-25H,13-14H2,1-3H3/t20-,21-,22+,23+,24-/m1/s1. The lowest BCUT2D eigenvalue weighted by Gasteiger charge is -2.44. The van der Waals surface area contributed by atoms with E-state index in [1.165, 1.54) is 25.6 Å². The number of aliphatic hydroxyl groups excluding tert-OH is 1. The molecule has 1 saturated heterocycles. The van der Waals surface area contributed by atoms with E-state index < -0.39 is 41.8 Å². The Morgan fingerprint density at radius 3 is 2.16 bits per heavy atom. The quantitative estimate of drug-likeness (QED) is 0.601. The van der Waals surface area contributed by atoms with Crippen LogP contribution >= 0.6 is 11.8 Å². The molecule has 172 valence electrons. The second-order valence-electron chi connectivity index (χ2n) is 7.57. The van der Waals surface area contributed by atoms with Crippen molar-refractivity contribution < 1.29 is 33.6 Å². The zero-order valence-corrected chi connectivity index (χ0v) is 19.1. The van der Waals surface area contributed by atoms with Gasteiger partial charge in [0.1, 0.15) is 17.6 Å². The summed E-state index contributed by atoms with van der Waals surface area (Å²) in [5.41, 5.74) is 1.31. The van der Waals surface area contributed by atoms with Gasteiger partial charge in [-0.25, -0.2) is 0 Å². The fourth-order valence-corrected chi connectivity index (χ4v) is 4.59. The minimum atomic E-state index is -0.950. The predicted molar refractivity (Wildman–Crippen MR) is 119 cm³/mol. The van der Waals surface area contributed by atoms with E-state index in [2.05, 4.69) is 0 Å². The lowest BCUT2D eigenvalue weighted by Crippen LogP contribution is -2.60. The normalized spacial score (nSPS) is 25.2. The molecule has 0 aromatic heterocycles. The molecule has 0 aliphatic carbocycles. The summed E-state index contributed by atoms with van der Waals surface area (Å²) in [4.78, 5) is 24.7. The van der Waals surface area contributed by atoms with Crippen molar-refractivity contribution in [3.63, 3.8) is 0 Å². The minimum absolute atomic E-state index is 0.214. The van der Waals surface area contributed by atoms with Crippen molar-refractivity contribution in [3.05, 3.63) is 65.7 Å². The van der Waals surface area contributed by atoms with Gasteiger partial charge in [0.15, 0.2) is 12.2 Å². The van der Waals surface area contributed by atoms with Gasteiger partial charge in [0.2, 0.25) is 0 Å². The number of thioether (sulfide) groups is 1. The molecular formula is C24H28O7S. The third kappa shape index (κ3) is 6.56. The van der Waals surface area contributed by atoms with Crippen LogP contribution in [0, 0.1) is 6.92 Å². The van der Waals surface area contributed by atoms with Crippen LogP contribution in [0.5, 0.6) is 0 Å². The molecule has 32 heavy (non-hydrogen) atoms. The summed E-state index contributed by atoms with van der Waals surface area (Å²) in [6.07, 6.45) is -3.48. The second-order valence-corrected chi connectivity index (χ2v) is 8.74. The molecule has 0 amide bonds. The fourth-order valence-electron chi connectivity index (χ4n) is 3.48. The largest absolute Gasteiger partial charge is 0.456 e. The summed E-state index contributed by atoms with van der Waals surface area (Å²) in [5, 5.41) is 10.0. The third-order valence-corrected chi connectivity index (χ3v) is 6.09. The molecule has 1 heterocycles. The van der Waals surface area contributed by atoms with E-state index in [0.717, 1.165) is 16.0 Å². The molecule has 0 saturated carbocycles. The van der Waals surface area contributed by atoms with E-state index in [0.29, 0.717) is 0 Å². The summed E-state index contributed by atoms with van der Waals surface area (Å²) >= 11 is 1.33. The van der Waals surface area contributed by atoms with Crippen LogP contribution in [0.2, 0.25) is 0 Å². The highest BCUT2D eigenvalue weighted by Crippen LogP contribution is 2.37. The van der Waals surface area contributed by atoms with Crippen molar-refractivity contribution in [3.8, 4) is 0 Å². The Labute approximate surface area is 192 Å². The van der Waals surface area contributed by atoms with Crippen molar-refractivity contribution in [1.82, 2.24) is 0 Å². The maximum Gasteiger partial charge on any atom is 0.303 e. The number of carbonyl (C=O) groups excluding carboxylic acids is 2. The van der Waals surface area contributed by atoms with Gasteiger partial charge in [0.05, 0.1) is 13.2 Å². The van der Waals surface area contributed by atoms with Crippen LogP contribution in [0.1, 0.15) is 25.0 Å². The lowest BCUT2D eigenvalue weighted by molar-refractivity contribution is -0.240. The van der Waals surface area contributed by atoms with Gasteiger partial charge >= 0.3 is 11.9 Å². The highest BCUT2D eigenvalue weighted by molar-refractivity contribution is 7.99. The molecule has 1 fully saturated rings. The molecule has 7 nitrogen and oxygen atoms in total. The monoisotopic (exact) mass is 460 g/mol. The van der Waals surface area contributed by atoms with Crippen molar-refractivity contribution in [2.45, 2.75) is 62.1 Å². The first kappa shape index (κ1) is 24.3. The van der Waals surface area contributed by atoms with Crippen molar-refractivity contribution in [1.29, 1.82) is 0 Å². The summed E-state index contributed by atoms with van der Waals surface area (Å²) in [6.45, 7) is 4.42. The summed E-state index contributed by atoms with van der Waals surface area (Å²) in [7, 11) is 0. The van der Waals surface area contributed by atoms with E-state index >= 15 is 0 Å². The summed E-state index contributed by atoms with van der Waals surface area (Å²) in [6, 6.07) is 17.3. The van der Waals surface area contributed by atoms with Crippen LogP contribution in [0.3, 0.4) is 0 Å². The molecule has 3 rings (SSSR count). The smallest absolute Gasteiger partial charge is 0.303 e. The zero-order valence-electron chi connectivity index (χ0n) is 18.3. The second kappa shape index (κ2) is 11.5. The van der Waals surface area contributed by atoms with Crippen molar-refractivity contribution in [2.24, 2.45) is 0 Å². The molecule has 0 bridgehead atoms. The Hall–Kier alpha value is -2.39. The number of aryl methyl sites for hydroxylation is 1. The fraction of sp³-hybridized carbons (Fsp3) is 0.417. The number of ether oxygens (including phenoxy) is 4. The molecule has 1 aliphatic rings. The van der Waals surface area contributed by atoms with Crippen molar-refractivity contribution >= 4 is 23.7 Å². The lowest BCUT2D eigenvalue weighted by atomic mass is 9.99. The van der Waals surface area contributed by atoms with Crippen LogP contribution in [-0.2, 0) is 35.1 Å². The Morgan fingerprint density at radius 1 is 0.938 bits per heavy atom. The highest BCUT2D eigenvalue weighted by atomic mass is 32.2. The highest BCUT2D eigenvalue weighted by Gasteiger charge is 2.50. The molecule has 1 N–H and O–H groups in total. The molecule has 8 heteroatoms. The summed E-state index contributed by atoms with van der Waals surface area (Å²) in [5.74, 6) is -1.08.